The van der Waals surface area contributed by atoms with Crippen molar-refractivity contribution in [1.82, 2.24) is 0 Å². The molecule has 0 atom stereocenters. The minimum Gasteiger partial charge on any atom is -0.367 e. The van der Waals surface area contributed by atoms with Gasteiger partial charge in [0, 0.05) is 0 Å². The van der Waals surface area contributed by atoms with Crippen LogP contribution in [0.4, 0.5) is 0 Å². The summed E-state index contributed by atoms with van der Waals surface area (Å²) >= 11 is 0. The van der Waals surface area contributed by atoms with E-state index in [-0.39, 0.29) is 5.75 Å². The lowest BCUT2D eigenvalue weighted by atomic mass is 10.3. The van der Waals surface area contributed by atoms with E-state index in [4.69, 9.17) is 9.92 Å². The Hall–Kier alpha value is -0.620. The lowest BCUT2D eigenvalue weighted by Crippen LogP contribution is -2.35. The Morgan fingerprint density at radius 2 is 2.08 bits per heavy atom. The third-order valence-corrected chi connectivity index (χ3v) is 3.38. The van der Waals surface area contributed by atoms with Crippen LogP contribution in [0.25, 0.3) is 0 Å². The summed E-state index contributed by atoms with van der Waals surface area (Å²) in [5.74, 6) is -0.755. The highest BCUT2D eigenvalue weighted by molar-refractivity contribution is 7.86. The van der Waals surface area contributed by atoms with Crippen LogP contribution >= 0.6 is 0 Å². The van der Waals surface area contributed by atoms with Gasteiger partial charge in [-0.05, 0) is 19.3 Å². The van der Waals surface area contributed by atoms with Crippen LogP contribution in [0.3, 0.4) is 0 Å². The molecule has 13 heavy (non-hydrogen) atoms. The monoisotopic (exact) mass is 207 g/mol. The molecule has 1 rings (SSSR count). The number of carbonyl (C=O) groups is 1. The molecule has 0 unspecified atom stereocenters. The summed E-state index contributed by atoms with van der Waals surface area (Å²) in [4.78, 5) is 10.8. The zero-order valence-corrected chi connectivity index (χ0v) is 8.26. The van der Waals surface area contributed by atoms with Crippen LogP contribution in [-0.4, -0.2) is 25.7 Å². The molecule has 0 aromatic heterocycles. The van der Waals surface area contributed by atoms with Crippen molar-refractivity contribution in [1.29, 1.82) is 0 Å². The number of nitrogens with two attached hydrogens (primary N) is 1. The third-order valence-electron chi connectivity index (χ3n) is 1.89. The van der Waals surface area contributed by atoms with Gasteiger partial charge in [0.1, 0.15) is 0 Å². The Labute approximate surface area is 77.4 Å². The first-order valence-corrected chi connectivity index (χ1v) is 5.73. The standard InChI is InChI=1S/C7H13NO4S/c1-2-5-13(10,11)12-7(3-4-7)6(8)9/h2-5H2,1H3,(H2,8,9). The van der Waals surface area contributed by atoms with E-state index >= 15 is 0 Å². The van der Waals surface area contributed by atoms with Crippen molar-refractivity contribution in [2.24, 2.45) is 5.73 Å². The summed E-state index contributed by atoms with van der Waals surface area (Å²) in [5.41, 5.74) is 3.79. The number of rotatable bonds is 5. The molecule has 0 heterocycles. The van der Waals surface area contributed by atoms with Crippen LogP contribution in [0.15, 0.2) is 0 Å². The molecule has 1 fully saturated rings. The van der Waals surface area contributed by atoms with Gasteiger partial charge in [-0.25, -0.2) is 0 Å². The molecular formula is C7H13NO4S. The second-order valence-corrected chi connectivity index (χ2v) is 4.89. The van der Waals surface area contributed by atoms with Gasteiger partial charge in [0.2, 0.25) is 0 Å². The normalized spacial score (nSPS) is 19.8. The fourth-order valence-corrected chi connectivity index (χ4v) is 2.34. The first kappa shape index (κ1) is 10.5. The smallest absolute Gasteiger partial charge is 0.268 e. The second kappa shape index (κ2) is 3.26. The fraction of sp³-hybridized carbons (Fsp3) is 0.857. The highest BCUT2D eigenvalue weighted by Crippen LogP contribution is 2.40. The quantitative estimate of drug-likeness (QED) is 0.630. The number of amides is 1. The Morgan fingerprint density at radius 1 is 1.54 bits per heavy atom. The molecule has 2 N–H and O–H groups in total. The molecule has 0 bridgehead atoms. The summed E-state index contributed by atoms with van der Waals surface area (Å²) in [7, 11) is -3.57. The van der Waals surface area contributed by atoms with Crippen molar-refractivity contribution in [3.63, 3.8) is 0 Å². The number of primary amides is 1. The predicted molar refractivity (Wildman–Crippen MR) is 46.3 cm³/mol. The summed E-state index contributed by atoms with van der Waals surface area (Å²) in [6.45, 7) is 1.73. The molecular weight excluding hydrogens is 194 g/mol. The topological polar surface area (TPSA) is 86.5 Å². The summed E-state index contributed by atoms with van der Waals surface area (Å²) in [5, 5.41) is 0. The highest BCUT2D eigenvalue weighted by atomic mass is 32.2. The minimum atomic E-state index is -3.57. The molecule has 76 valence electrons. The SMILES string of the molecule is CCCS(=O)(=O)OC1(C(N)=O)CC1. The third kappa shape index (κ3) is 2.41. The van der Waals surface area contributed by atoms with E-state index in [1.807, 2.05) is 0 Å². The molecule has 0 aliphatic heterocycles. The maximum absolute atomic E-state index is 11.2. The summed E-state index contributed by atoms with van der Waals surface area (Å²) in [6.07, 6.45) is 1.29. The zero-order chi connectivity index (χ0) is 10.1. The molecule has 1 amide bonds. The van der Waals surface area contributed by atoms with Gasteiger partial charge in [0.25, 0.3) is 16.0 Å². The zero-order valence-electron chi connectivity index (χ0n) is 7.45. The van der Waals surface area contributed by atoms with Crippen molar-refractivity contribution >= 4 is 16.0 Å². The molecule has 0 spiro atoms. The van der Waals surface area contributed by atoms with Gasteiger partial charge >= 0.3 is 0 Å². The minimum absolute atomic E-state index is 0.0674. The lowest BCUT2D eigenvalue weighted by Gasteiger charge is -2.11. The molecule has 0 aromatic rings. The van der Waals surface area contributed by atoms with Gasteiger partial charge < -0.3 is 5.73 Å². The second-order valence-electron chi connectivity index (χ2n) is 3.20. The van der Waals surface area contributed by atoms with E-state index < -0.39 is 21.6 Å². The molecule has 6 heteroatoms. The van der Waals surface area contributed by atoms with E-state index in [2.05, 4.69) is 0 Å². The first-order valence-electron chi connectivity index (χ1n) is 4.15. The predicted octanol–water partition coefficient (Wildman–Crippen LogP) is -0.239. The van der Waals surface area contributed by atoms with E-state index in [0.29, 0.717) is 19.3 Å². The molecule has 1 aliphatic carbocycles. The fourth-order valence-electron chi connectivity index (χ4n) is 1.02. The van der Waals surface area contributed by atoms with Crippen LogP contribution in [0.1, 0.15) is 26.2 Å². The van der Waals surface area contributed by atoms with Crippen LogP contribution in [0.2, 0.25) is 0 Å². The maximum atomic E-state index is 11.2. The molecule has 0 saturated heterocycles. The Balaban J connectivity index is 2.64. The number of hydrogen-bond acceptors (Lipinski definition) is 4. The van der Waals surface area contributed by atoms with Gasteiger partial charge in [-0.2, -0.15) is 8.42 Å². The van der Waals surface area contributed by atoms with E-state index in [1.54, 1.807) is 6.92 Å². The van der Waals surface area contributed by atoms with Crippen molar-refractivity contribution in [3.05, 3.63) is 0 Å². The van der Waals surface area contributed by atoms with Crippen LogP contribution in [-0.2, 0) is 19.1 Å². The van der Waals surface area contributed by atoms with E-state index in [0.717, 1.165) is 0 Å². The Kier molecular flexibility index (Phi) is 2.63. The van der Waals surface area contributed by atoms with E-state index in [9.17, 15) is 13.2 Å². The lowest BCUT2D eigenvalue weighted by molar-refractivity contribution is -0.126. The van der Waals surface area contributed by atoms with Gasteiger partial charge in [0.05, 0.1) is 5.75 Å². The Bertz CT molecular complexity index is 304. The van der Waals surface area contributed by atoms with E-state index in [1.165, 1.54) is 0 Å². The van der Waals surface area contributed by atoms with Crippen LogP contribution < -0.4 is 5.73 Å². The molecule has 5 nitrogen and oxygen atoms in total. The van der Waals surface area contributed by atoms with Gasteiger partial charge in [-0.3, -0.25) is 8.98 Å². The molecule has 1 saturated carbocycles. The average Bonchev–Trinajstić information content (AvgIpc) is 2.67. The summed E-state index contributed by atoms with van der Waals surface area (Å²) in [6, 6.07) is 0. The average molecular weight is 207 g/mol. The summed E-state index contributed by atoms with van der Waals surface area (Å²) < 4.78 is 27.1. The van der Waals surface area contributed by atoms with Crippen molar-refractivity contribution in [2.75, 3.05) is 5.75 Å². The van der Waals surface area contributed by atoms with Gasteiger partial charge in [0.15, 0.2) is 5.60 Å². The first-order chi connectivity index (χ1) is 5.92. The number of hydrogen-bond donors (Lipinski definition) is 1. The molecule has 0 radical (unpaired) electrons. The van der Waals surface area contributed by atoms with Crippen LogP contribution in [0.5, 0.6) is 0 Å². The Morgan fingerprint density at radius 3 is 2.38 bits per heavy atom. The maximum Gasteiger partial charge on any atom is 0.268 e. The molecule has 0 aromatic carbocycles. The van der Waals surface area contributed by atoms with Crippen molar-refractivity contribution < 1.29 is 17.4 Å². The highest BCUT2D eigenvalue weighted by Gasteiger charge is 2.53. The van der Waals surface area contributed by atoms with Crippen LogP contribution in [0, 0.1) is 0 Å². The molecule has 1 aliphatic rings. The largest absolute Gasteiger partial charge is 0.367 e. The van der Waals surface area contributed by atoms with Gasteiger partial charge in [-0.15, -0.1) is 0 Å². The van der Waals surface area contributed by atoms with Crippen molar-refractivity contribution in [2.45, 2.75) is 31.8 Å². The van der Waals surface area contributed by atoms with Gasteiger partial charge in [-0.1, -0.05) is 6.92 Å². The number of carbonyl (C=O) groups excluding carboxylic acids is 1. The van der Waals surface area contributed by atoms with Crippen molar-refractivity contribution in [3.8, 4) is 0 Å².